The highest BCUT2D eigenvalue weighted by atomic mass is 32.2. The molecule has 12 heteroatoms. The number of rotatable bonds is 10. The van der Waals surface area contributed by atoms with Gasteiger partial charge >= 0.3 is 11.9 Å². The standard InChI is InChI=1S/C14H24N4O7S/c1-16-14(23)26-7-9(12(21)17-6-11(20)24-2)18-10(19)5-4-8(15)13(22)25-3/h8-9H,4-7,15H2,1-3H3,(H,16,23)(H,17,21)(H,18,19)/t8-,9-/m0/s1. The quantitative estimate of drug-likeness (QED) is 0.311. The SMILES string of the molecule is CNC(=O)SC[C@H](NC(=O)CC[C@H](N)C(=O)OC)C(=O)NCC(=O)OC. The minimum absolute atomic E-state index is 0.0254. The van der Waals surface area contributed by atoms with E-state index in [9.17, 15) is 24.0 Å². The van der Waals surface area contributed by atoms with E-state index in [1.807, 2.05) is 0 Å². The Morgan fingerprint density at radius 3 is 2.31 bits per heavy atom. The number of hydrogen-bond acceptors (Lipinski definition) is 9. The number of thioether (sulfide) groups is 1. The van der Waals surface area contributed by atoms with Crippen LogP contribution in [-0.2, 0) is 28.7 Å². The molecule has 0 heterocycles. The fourth-order valence-corrected chi connectivity index (χ4v) is 2.29. The Labute approximate surface area is 155 Å². The highest BCUT2D eigenvalue weighted by molar-refractivity contribution is 8.13. The number of nitrogens with one attached hydrogen (secondary N) is 3. The molecule has 0 radical (unpaired) electrons. The molecule has 0 aliphatic rings. The maximum absolute atomic E-state index is 12.1. The monoisotopic (exact) mass is 392 g/mol. The fraction of sp³-hybridized carbons (Fsp3) is 0.643. The average molecular weight is 392 g/mol. The predicted molar refractivity (Wildman–Crippen MR) is 93.1 cm³/mol. The van der Waals surface area contributed by atoms with Gasteiger partial charge in [-0.2, -0.15) is 0 Å². The summed E-state index contributed by atoms with van der Waals surface area (Å²) in [6, 6.07) is -2.03. The first-order chi connectivity index (χ1) is 12.2. The number of hydrogen-bond donors (Lipinski definition) is 4. The van der Waals surface area contributed by atoms with Crippen molar-refractivity contribution < 1.29 is 33.4 Å². The smallest absolute Gasteiger partial charge is 0.325 e. The van der Waals surface area contributed by atoms with Gasteiger partial charge in [0.25, 0.3) is 5.24 Å². The van der Waals surface area contributed by atoms with E-state index in [1.165, 1.54) is 21.3 Å². The molecular weight excluding hydrogens is 368 g/mol. The van der Waals surface area contributed by atoms with Gasteiger partial charge < -0.3 is 31.2 Å². The summed E-state index contributed by atoms with van der Waals surface area (Å²) in [6.45, 7) is -0.375. The van der Waals surface area contributed by atoms with Crippen LogP contribution in [0.25, 0.3) is 0 Å². The lowest BCUT2D eigenvalue weighted by molar-refractivity contribution is -0.142. The predicted octanol–water partition coefficient (Wildman–Crippen LogP) is -1.89. The third kappa shape index (κ3) is 9.84. The molecule has 0 aromatic rings. The molecule has 0 saturated carbocycles. The fourth-order valence-electron chi connectivity index (χ4n) is 1.59. The maximum atomic E-state index is 12.1. The Balaban J connectivity index is 4.69. The van der Waals surface area contributed by atoms with Crippen molar-refractivity contribution in [3.63, 3.8) is 0 Å². The molecular formula is C14H24N4O7S. The Morgan fingerprint density at radius 1 is 1.12 bits per heavy atom. The van der Waals surface area contributed by atoms with Crippen molar-refractivity contribution in [3.8, 4) is 0 Å². The van der Waals surface area contributed by atoms with Gasteiger partial charge in [-0.3, -0.25) is 24.0 Å². The molecule has 0 aliphatic heterocycles. The van der Waals surface area contributed by atoms with Crippen molar-refractivity contribution in [1.29, 1.82) is 0 Å². The van der Waals surface area contributed by atoms with E-state index in [0.717, 1.165) is 11.8 Å². The lowest BCUT2D eigenvalue weighted by Gasteiger charge is -2.18. The van der Waals surface area contributed by atoms with Crippen LogP contribution < -0.4 is 21.7 Å². The summed E-state index contributed by atoms with van der Waals surface area (Å²) in [4.78, 5) is 57.7. The summed E-state index contributed by atoms with van der Waals surface area (Å²) in [5, 5.41) is 6.72. The summed E-state index contributed by atoms with van der Waals surface area (Å²) < 4.78 is 8.86. The minimum Gasteiger partial charge on any atom is -0.468 e. The Hall–Kier alpha value is -2.34. The van der Waals surface area contributed by atoms with Gasteiger partial charge in [0.2, 0.25) is 11.8 Å². The Kier molecular flexibility index (Phi) is 11.8. The van der Waals surface area contributed by atoms with Gasteiger partial charge in [0.15, 0.2) is 0 Å². The molecule has 0 bridgehead atoms. The zero-order valence-electron chi connectivity index (χ0n) is 14.8. The molecule has 0 aliphatic carbocycles. The third-order valence-electron chi connectivity index (χ3n) is 3.06. The zero-order valence-corrected chi connectivity index (χ0v) is 15.6. The molecule has 11 nitrogen and oxygen atoms in total. The molecule has 0 unspecified atom stereocenters. The zero-order chi connectivity index (χ0) is 20.1. The van der Waals surface area contributed by atoms with Gasteiger partial charge in [-0.25, -0.2) is 0 Å². The molecule has 5 N–H and O–H groups in total. The Bertz CT molecular complexity index is 529. The van der Waals surface area contributed by atoms with Gasteiger partial charge in [0, 0.05) is 19.2 Å². The summed E-state index contributed by atoms with van der Waals surface area (Å²) in [5.74, 6) is -2.56. The van der Waals surface area contributed by atoms with Gasteiger partial charge in [-0.15, -0.1) is 0 Å². The number of ether oxygens (including phenoxy) is 2. The summed E-state index contributed by atoms with van der Waals surface area (Å²) >= 11 is 0.787. The van der Waals surface area contributed by atoms with Crippen LogP contribution in [0.2, 0.25) is 0 Å². The van der Waals surface area contributed by atoms with Crippen molar-refractivity contribution in [3.05, 3.63) is 0 Å². The lowest BCUT2D eigenvalue weighted by atomic mass is 10.1. The van der Waals surface area contributed by atoms with E-state index in [1.54, 1.807) is 0 Å². The number of carbonyl (C=O) groups is 5. The Morgan fingerprint density at radius 2 is 1.77 bits per heavy atom. The first-order valence-corrected chi connectivity index (χ1v) is 8.55. The first kappa shape index (κ1) is 23.7. The highest BCUT2D eigenvalue weighted by Crippen LogP contribution is 2.05. The maximum Gasteiger partial charge on any atom is 0.325 e. The van der Waals surface area contributed by atoms with Crippen molar-refractivity contribution in [2.24, 2.45) is 5.73 Å². The molecule has 148 valence electrons. The van der Waals surface area contributed by atoms with Crippen molar-refractivity contribution in [2.75, 3.05) is 33.6 Å². The molecule has 0 fully saturated rings. The number of nitrogens with two attached hydrogens (primary N) is 1. The van der Waals surface area contributed by atoms with Gasteiger partial charge in [-0.05, 0) is 6.42 Å². The number of carbonyl (C=O) groups excluding carboxylic acids is 5. The molecule has 0 rings (SSSR count). The molecule has 3 amide bonds. The highest BCUT2D eigenvalue weighted by Gasteiger charge is 2.23. The van der Waals surface area contributed by atoms with E-state index >= 15 is 0 Å². The van der Waals surface area contributed by atoms with Crippen LogP contribution in [0.4, 0.5) is 4.79 Å². The van der Waals surface area contributed by atoms with Crippen LogP contribution in [0.15, 0.2) is 0 Å². The van der Waals surface area contributed by atoms with E-state index in [0.29, 0.717) is 0 Å². The number of methoxy groups -OCH3 is 2. The molecule has 0 aromatic heterocycles. The van der Waals surface area contributed by atoms with E-state index < -0.39 is 41.1 Å². The van der Waals surface area contributed by atoms with Crippen LogP contribution >= 0.6 is 11.8 Å². The number of esters is 2. The van der Waals surface area contributed by atoms with Crippen molar-refractivity contribution >= 4 is 40.8 Å². The molecule has 0 saturated heterocycles. The van der Waals surface area contributed by atoms with Gasteiger partial charge in [0.05, 0.1) is 14.2 Å². The topological polar surface area (TPSA) is 166 Å². The van der Waals surface area contributed by atoms with E-state index in [-0.39, 0.29) is 25.1 Å². The van der Waals surface area contributed by atoms with Crippen LogP contribution in [-0.4, -0.2) is 74.6 Å². The second-order valence-corrected chi connectivity index (χ2v) is 5.92. The van der Waals surface area contributed by atoms with Crippen LogP contribution in [0, 0.1) is 0 Å². The molecule has 0 spiro atoms. The third-order valence-corrected chi connectivity index (χ3v) is 4.02. The van der Waals surface area contributed by atoms with Gasteiger partial charge in [0.1, 0.15) is 18.6 Å². The van der Waals surface area contributed by atoms with Crippen LogP contribution in [0.5, 0.6) is 0 Å². The first-order valence-electron chi connectivity index (χ1n) is 7.56. The second-order valence-electron chi connectivity index (χ2n) is 4.93. The molecule has 0 aromatic carbocycles. The van der Waals surface area contributed by atoms with E-state index in [2.05, 4.69) is 25.4 Å². The van der Waals surface area contributed by atoms with Crippen molar-refractivity contribution in [2.45, 2.75) is 24.9 Å². The minimum atomic E-state index is -1.07. The summed E-state index contributed by atoms with van der Waals surface area (Å²) in [7, 11) is 3.77. The van der Waals surface area contributed by atoms with Crippen LogP contribution in [0.1, 0.15) is 12.8 Å². The van der Waals surface area contributed by atoms with Crippen molar-refractivity contribution in [1.82, 2.24) is 16.0 Å². The average Bonchev–Trinajstić information content (AvgIpc) is 2.65. The summed E-state index contributed by atoms with van der Waals surface area (Å²) in [5.41, 5.74) is 5.54. The summed E-state index contributed by atoms with van der Waals surface area (Å²) in [6.07, 6.45) is -0.0979. The van der Waals surface area contributed by atoms with E-state index in [4.69, 9.17) is 5.73 Å². The van der Waals surface area contributed by atoms with Crippen LogP contribution in [0.3, 0.4) is 0 Å². The normalized spacial score (nSPS) is 12.3. The largest absolute Gasteiger partial charge is 0.468 e. The second kappa shape index (κ2) is 12.9. The molecule has 26 heavy (non-hydrogen) atoms. The lowest BCUT2D eigenvalue weighted by Crippen LogP contribution is -2.50. The molecule has 2 atom stereocenters. The number of amides is 3. The van der Waals surface area contributed by atoms with Gasteiger partial charge in [-0.1, -0.05) is 11.8 Å².